The minimum atomic E-state index is -1.35. The molecule has 1 heterocycles. The standard InChI is InChI=1S/C31H45NO7/c1-18(2)13-20(16-26(36)25(35)15-19-8-9-23(33)24(34)14-19)28(37)32-12-6-7-22(32)29(38)39-27-17-21-10-11-31(27,5)30(21,3)4/h8-9,14,18,20-22,25,27,33-35H,6-7,10-13,15-17H2,1-5H3. The van der Waals surface area contributed by atoms with Gasteiger partial charge in [0.2, 0.25) is 5.91 Å². The average molecular weight is 544 g/mol. The van der Waals surface area contributed by atoms with Crippen molar-refractivity contribution in [3.05, 3.63) is 23.8 Å². The summed E-state index contributed by atoms with van der Waals surface area (Å²) in [5, 5.41) is 29.8. The first-order valence-electron chi connectivity index (χ1n) is 14.5. The first-order chi connectivity index (χ1) is 18.2. The fourth-order valence-corrected chi connectivity index (χ4v) is 7.29. The van der Waals surface area contributed by atoms with Crippen LogP contribution in [-0.2, 0) is 25.5 Å². The zero-order valence-corrected chi connectivity index (χ0v) is 24.0. The first-order valence-corrected chi connectivity index (χ1v) is 14.5. The van der Waals surface area contributed by atoms with E-state index >= 15 is 0 Å². The van der Waals surface area contributed by atoms with Crippen LogP contribution in [0, 0.1) is 28.6 Å². The molecule has 1 amide bonds. The lowest BCUT2D eigenvalue weighted by Crippen LogP contribution is -2.47. The molecule has 8 nitrogen and oxygen atoms in total. The molecule has 6 atom stereocenters. The third-order valence-electron chi connectivity index (χ3n) is 10.2. The van der Waals surface area contributed by atoms with Gasteiger partial charge in [-0.1, -0.05) is 40.7 Å². The van der Waals surface area contributed by atoms with Crippen LogP contribution in [0.25, 0.3) is 0 Å². The van der Waals surface area contributed by atoms with Crippen LogP contribution in [-0.4, -0.2) is 62.7 Å². The van der Waals surface area contributed by atoms with Crippen LogP contribution in [0.3, 0.4) is 0 Å². The number of fused-ring (bicyclic) bond motifs is 2. The van der Waals surface area contributed by atoms with E-state index in [4.69, 9.17) is 4.74 Å². The number of ketones is 1. The van der Waals surface area contributed by atoms with E-state index in [1.165, 1.54) is 18.2 Å². The molecule has 8 heteroatoms. The summed E-state index contributed by atoms with van der Waals surface area (Å²) in [6, 6.07) is 3.50. The van der Waals surface area contributed by atoms with E-state index in [2.05, 4.69) is 20.8 Å². The molecule has 2 bridgehead atoms. The van der Waals surface area contributed by atoms with Gasteiger partial charge in [0.25, 0.3) is 0 Å². The maximum Gasteiger partial charge on any atom is 0.329 e. The number of hydrogen-bond donors (Lipinski definition) is 3. The molecule has 2 saturated carbocycles. The molecule has 0 aromatic heterocycles. The van der Waals surface area contributed by atoms with Gasteiger partial charge in [-0.2, -0.15) is 0 Å². The normalized spacial score (nSPS) is 29.0. The molecule has 39 heavy (non-hydrogen) atoms. The van der Waals surface area contributed by atoms with Gasteiger partial charge >= 0.3 is 5.97 Å². The number of aliphatic hydroxyl groups is 1. The summed E-state index contributed by atoms with van der Waals surface area (Å²) in [7, 11) is 0. The summed E-state index contributed by atoms with van der Waals surface area (Å²) >= 11 is 0. The Morgan fingerprint density at radius 3 is 2.41 bits per heavy atom. The number of rotatable bonds is 10. The lowest BCUT2D eigenvalue weighted by Gasteiger charge is -2.39. The van der Waals surface area contributed by atoms with Crippen molar-refractivity contribution >= 4 is 17.7 Å². The smallest absolute Gasteiger partial charge is 0.329 e. The second-order valence-corrected chi connectivity index (χ2v) is 13.3. The largest absolute Gasteiger partial charge is 0.504 e. The molecule has 3 fully saturated rings. The highest BCUT2D eigenvalue weighted by Crippen LogP contribution is 2.66. The number of aliphatic hydroxyl groups excluding tert-OH is 1. The molecule has 3 aliphatic rings. The van der Waals surface area contributed by atoms with Crippen LogP contribution in [0.5, 0.6) is 11.5 Å². The van der Waals surface area contributed by atoms with Gasteiger partial charge in [0.15, 0.2) is 17.3 Å². The number of phenols is 2. The van der Waals surface area contributed by atoms with Gasteiger partial charge in [0.1, 0.15) is 18.2 Å². The third kappa shape index (κ3) is 5.67. The van der Waals surface area contributed by atoms with Crippen molar-refractivity contribution in [3.63, 3.8) is 0 Å². The SMILES string of the molecule is CC(C)CC(CC(=O)C(O)Cc1ccc(O)c(O)c1)C(=O)N1CCCC1C(=O)OC1CC2CCC1(C)C2(C)C. The Labute approximate surface area is 231 Å². The monoisotopic (exact) mass is 543 g/mol. The molecule has 6 unspecified atom stereocenters. The van der Waals surface area contributed by atoms with Crippen molar-refractivity contribution in [1.29, 1.82) is 0 Å². The fourth-order valence-electron chi connectivity index (χ4n) is 7.29. The van der Waals surface area contributed by atoms with Gasteiger partial charge in [-0.15, -0.1) is 0 Å². The molecule has 1 aromatic carbocycles. The Morgan fingerprint density at radius 1 is 1.10 bits per heavy atom. The van der Waals surface area contributed by atoms with E-state index in [0.29, 0.717) is 37.3 Å². The van der Waals surface area contributed by atoms with Gasteiger partial charge in [-0.05, 0) is 73.5 Å². The zero-order chi connectivity index (χ0) is 28.7. The maximum atomic E-state index is 13.7. The number of phenolic OH excluding ortho intramolecular Hbond substituents is 2. The minimum Gasteiger partial charge on any atom is -0.504 e. The number of hydrogen-bond acceptors (Lipinski definition) is 7. The van der Waals surface area contributed by atoms with Crippen molar-refractivity contribution in [1.82, 2.24) is 4.90 Å². The molecule has 0 radical (unpaired) electrons. The van der Waals surface area contributed by atoms with Gasteiger partial charge in [0, 0.05) is 30.7 Å². The summed E-state index contributed by atoms with van der Waals surface area (Å²) in [4.78, 5) is 41.8. The first kappa shape index (κ1) is 29.4. The van der Waals surface area contributed by atoms with Gasteiger partial charge in [-0.3, -0.25) is 9.59 Å². The van der Waals surface area contributed by atoms with Gasteiger partial charge in [-0.25, -0.2) is 4.79 Å². The van der Waals surface area contributed by atoms with Crippen molar-refractivity contribution in [2.24, 2.45) is 28.6 Å². The number of nitrogens with zero attached hydrogens (tertiary/aromatic N) is 1. The summed E-state index contributed by atoms with van der Waals surface area (Å²) in [5.41, 5.74) is 0.557. The number of carbonyl (C=O) groups excluding carboxylic acids is 3. The number of benzene rings is 1. The molecular weight excluding hydrogens is 498 g/mol. The van der Waals surface area contributed by atoms with Gasteiger partial charge < -0.3 is 25.0 Å². The number of aromatic hydroxyl groups is 2. The molecule has 216 valence electrons. The molecule has 1 saturated heterocycles. The topological polar surface area (TPSA) is 124 Å². The number of ether oxygens (including phenoxy) is 1. The Hall–Kier alpha value is -2.61. The van der Waals surface area contributed by atoms with E-state index in [1.807, 2.05) is 13.8 Å². The van der Waals surface area contributed by atoms with E-state index in [1.54, 1.807) is 4.90 Å². The Kier molecular flexibility index (Phi) is 8.36. The second-order valence-electron chi connectivity index (χ2n) is 13.3. The summed E-state index contributed by atoms with van der Waals surface area (Å²) in [5.74, 6) is -1.59. The number of likely N-dealkylation sites (tertiary alicyclic amines) is 1. The second kappa shape index (κ2) is 11.1. The van der Waals surface area contributed by atoms with E-state index in [-0.39, 0.29) is 59.1 Å². The van der Waals surface area contributed by atoms with E-state index in [0.717, 1.165) is 19.3 Å². The van der Waals surface area contributed by atoms with Crippen LogP contribution < -0.4 is 0 Å². The fraction of sp³-hybridized carbons (Fsp3) is 0.710. The average Bonchev–Trinajstić information content (AvgIpc) is 3.49. The van der Waals surface area contributed by atoms with Crippen molar-refractivity contribution < 1.29 is 34.4 Å². The molecular formula is C31H45NO7. The predicted molar refractivity (Wildman–Crippen MR) is 146 cm³/mol. The van der Waals surface area contributed by atoms with Crippen LogP contribution in [0.1, 0.15) is 85.1 Å². The highest BCUT2D eigenvalue weighted by molar-refractivity contribution is 5.91. The zero-order valence-electron chi connectivity index (χ0n) is 24.0. The lowest BCUT2D eigenvalue weighted by molar-refractivity contribution is -0.165. The number of carbonyl (C=O) groups is 3. The van der Waals surface area contributed by atoms with Crippen LogP contribution in [0.15, 0.2) is 18.2 Å². The Bertz CT molecular complexity index is 1100. The molecule has 0 spiro atoms. The predicted octanol–water partition coefficient (Wildman–Crippen LogP) is 4.37. The molecule has 1 aromatic rings. The third-order valence-corrected chi connectivity index (χ3v) is 10.2. The molecule has 1 aliphatic heterocycles. The minimum absolute atomic E-state index is 0.0363. The van der Waals surface area contributed by atoms with Crippen LogP contribution in [0.4, 0.5) is 0 Å². The Morgan fingerprint density at radius 2 is 1.82 bits per heavy atom. The maximum absolute atomic E-state index is 13.7. The van der Waals surface area contributed by atoms with Crippen molar-refractivity contribution in [2.75, 3.05) is 6.54 Å². The highest BCUT2D eigenvalue weighted by atomic mass is 16.5. The number of esters is 1. The Balaban J connectivity index is 1.41. The summed E-state index contributed by atoms with van der Waals surface area (Å²) in [6.07, 6.45) is 3.15. The van der Waals surface area contributed by atoms with Crippen molar-refractivity contribution in [2.45, 2.75) is 104 Å². The number of amides is 1. The van der Waals surface area contributed by atoms with Crippen LogP contribution >= 0.6 is 0 Å². The summed E-state index contributed by atoms with van der Waals surface area (Å²) < 4.78 is 6.13. The molecule has 3 N–H and O–H groups in total. The lowest BCUT2D eigenvalue weighted by atomic mass is 9.70. The molecule has 2 aliphatic carbocycles. The van der Waals surface area contributed by atoms with E-state index < -0.39 is 23.8 Å². The quantitative estimate of drug-likeness (QED) is 0.296. The van der Waals surface area contributed by atoms with E-state index in [9.17, 15) is 29.7 Å². The summed E-state index contributed by atoms with van der Waals surface area (Å²) in [6.45, 7) is 11.2. The van der Waals surface area contributed by atoms with Crippen LogP contribution in [0.2, 0.25) is 0 Å². The number of Topliss-reactive ketones (excluding diaryl/α,β-unsaturated/α-hetero) is 1. The molecule has 4 rings (SSSR count). The highest BCUT2D eigenvalue weighted by Gasteiger charge is 2.63. The van der Waals surface area contributed by atoms with Crippen molar-refractivity contribution in [3.8, 4) is 11.5 Å². The van der Waals surface area contributed by atoms with Gasteiger partial charge in [0.05, 0.1) is 0 Å².